The van der Waals surface area contributed by atoms with Gasteiger partial charge >= 0.3 is 5.97 Å². The van der Waals surface area contributed by atoms with Gasteiger partial charge in [0.2, 0.25) is 0 Å². The van der Waals surface area contributed by atoms with Gasteiger partial charge in [0.15, 0.2) is 15.6 Å². The molecule has 0 aromatic carbocycles. The van der Waals surface area contributed by atoms with E-state index in [-0.39, 0.29) is 29.9 Å². The first-order valence-corrected chi connectivity index (χ1v) is 8.84. The summed E-state index contributed by atoms with van der Waals surface area (Å²) >= 11 is 0. The van der Waals surface area contributed by atoms with Crippen LogP contribution in [-0.4, -0.2) is 49.5 Å². The van der Waals surface area contributed by atoms with Crippen LogP contribution in [0.2, 0.25) is 0 Å². The average molecular weight is 306 g/mol. The van der Waals surface area contributed by atoms with E-state index in [4.69, 9.17) is 14.6 Å². The fraction of sp³-hybridized carbons (Fsp3) is 0.923. The second-order valence-electron chi connectivity index (χ2n) is 5.94. The van der Waals surface area contributed by atoms with Crippen molar-refractivity contribution >= 4 is 15.8 Å². The summed E-state index contributed by atoms with van der Waals surface area (Å²) in [6, 6.07) is 0. The van der Waals surface area contributed by atoms with Crippen LogP contribution in [0.25, 0.3) is 0 Å². The molecule has 0 aromatic rings. The molecule has 2 saturated heterocycles. The Morgan fingerprint density at radius 2 is 2.20 bits per heavy atom. The predicted molar refractivity (Wildman–Crippen MR) is 72.1 cm³/mol. The largest absolute Gasteiger partial charge is 0.481 e. The van der Waals surface area contributed by atoms with Crippen molar-refractivity contribution in [2.24, 2.45) is 5.92 Å². The molecule has 6 nitrogen and oxygen atoms in total. The molecule has 0 saturated carbocycles. The van der Waals surface area contributed by atoms with Crippen molar-refractivity contribution in [1.29, 1.82) is 0 Å². The van der Waals surface area contributed by atoms with Crippen LogP contribution in [0.5, 0.6) is 0 Å². The lowest BCUT2D eigenvalue weighted by atomic mass is 9.97. The maximum atomic E-state index is 11.6. The Bertz CT molecular complexity index is 459. The van der Waals surface area contributed by atoms with Gasteiger partial charge in [-0.3, -0.25) is 4.79 Å². The van der Waals surface area contributed by atoms with Gasteiger partial charge in [0.25, 0.3) is 0 Å². The van der Waals surface area contributed by atoms with Crippen LogP contribution in [0, 0.1) is 5.92 Å². The number of carbonyl (C=O) groups is 1. The van der Waals surface area contributed by atoms with E-state index >= 15 is 0 Å². The van der Waals surface area contributed by atoms with Crippen LogP contribution in [0.3, 0.4) is 0 Å². The quantitative estimate of drug-likeness (QED) is 0.821. The van der Waals surface area contributed by atoms with Crippen molar-refractivity contribution in [1.82, 2.24) is 0 Å². The summed E-state index contributed by atoms with van der Waals surface area (Å²) in [6.45, 7) is 2.19. The highest BCUT2D eigenvalue weighted by Gasteiger charge is 2.40. The Hall–Kier alpha value is -0.660. The molecule has 0 amide bonds. The molecule has 2 fully saturated rings. The molecule has 7 heteroatoms. The van der Waals surface area contributed by atoms with Gasteiger partial charge in [-0.05, 0) is 32.1 Å². The Morgan fingerprint density at radius 3 is 2.85 bits per heavy atom. The molecule has 116 valence electrons. The molecular weight excluding hydrogens is 284 g/mol. The smallest absolute Gasteiger partial charge is 0.303 e. The van der Waals surface area contributed by atoms with Crippen molar-refractivity contribution in [2.75, 3.05) is 18.1 Å². The number of sulfone groups is 1. The van der Waals surface area contributed by atoms with E-state index in [0.29, 0.717) is 25.9 Å². The van der Waals surface area contributed by atoms with Crippen molar-refractivity contribution in [3.63, 3.8) is 0 Å². The Balaban J connectivity index is 1.85. The average Bonchev–Trinajstić information content (AvgIpc) is 2.67. The van der Waals surface area contributed by atoms with E-state index < -0.39 is 21.6 Å². The monoisotopic (exact) mass is 306 g/mol. The summed E-state index contributed by atoms with van der Waals surface area (Å²) < 4.78 is 34.7. The summed E-state index contributed by atoms with van der Waals surface area (Å²) in [5, 5.41) is 8.66. The van der Waals surface area contributed by atoms with Crippen LogP contribution >= 0.6 is 0 Å². The van der Waals surface area contributed by atoms with Gasteiger partial charge in [-0.15, -0.1) is 0 Å². The summed E-state index contributed by atoms with van der Waals surface area (Å²) in [5.41, 5.74) is 0. The Kier molecular flexibility index (Phi) is 4.71. The van der Waals surface area contributed by atoms with E-state index in [2.05, 4.69) is 0 Å². The standard InChI is InChI=1S/C13H22O6S/c1-13(7-10-3-2-6-20(16,17)9-10)18-8-11(19-13)4-5-12(14)15/h10-11H,2-9H2,1H3,(H,14,15). The zero-order valence-electron chi connectivity index (χ0n) is 11.7. The van der Waals surface area contributed by atoms with Crippen molar-refractivity contribution in [3.8, 4) is 0 Å². The molecular formula is C13H22O6S. The Morgan fingerprint density at radius 1 is 1.45 bits per heavy atom. The summed E-state index contributed by atoms with van der Waals surface area (Å²) in [6.07, 6.45) is 2.40. The maximum absolute atomic E-state index is 11.6. The molecule has 1 N–H and O–H groups in total. The minimum Gasteiger partial charge on any atom is -0.481 e. The van der Waals surface area contributed by atoms with Gasteiger partial charge in [-0.1, -0.05) is 0 Å². The van der Waals surface area contributed by atoms with Gasteiger partial charge in [0.05, 0.1) is 24.2 Å². The topological polar surface area (TPSA) is 89.9 Å². The second-order valence-corrected chi connectivity index (χ2v) is 8.17. The molecule has 2 heterocycles. The summed E-state index contributed by atoms with van der Waals surface area (Å²) in [7, 11) is -2.92. The molecule has 20 heavy (non-hydrogen) atoms. The molecule has 2 rings (SSSR count). The van der Waals surface area contributed by atoms with Gasteiger partial charge in [-0.25, -0.2) is 8.42 Å². The first kappa shape index (κ1) is 15.7. The number of hydrogen-bond donors (Lipinski definition) is 1. The van der Waals surface area contributed by atoms with Crippen LogP contribution < -0.4 is 0 Å². The predicted octanol–water partition coefficient (Wildman–Crippen LogP) is 1.20. The highest BCUT2D eigenvalue weighted by molar-refractivity contribution is 7.91. The maximum Gasteiger partial charge on any atom is 0.303 e. The fourth-order valence-electron chi connectivity index (χ4n) is 3.03. The van der Waals surface area contributed by atoms with E-state index in [1.807, 2.05) is 6.92 Å². The third-order valence-electron chi connectivity index (χ3n) is 3.89. The van der Waals surface area contributed by atoms with E-state index in [0.717, 1.165) is 6.42 Å². The Labute approximate surface area is 119 Å². The van der Waals surface area contributed by atoms with Crippen molar-refractivity contribution < 1.29 is 27.8 Å². The lowest BCUT2D eigenvalue weighted by molar-refractivity contribution is -0.167. The molecule has 0 aromatic heterocycles. The highest BCUT2D eigenvalue weighted by Crippen LogP contribution is 2.34. The molecule has 2 aliphatic heterocycles. The van der Waals surface area contributed by atoms with E-state index in [1.165, 1.54) is 0 Å². The van der Waals surface area contributed by atoms with Crippen LogP contribution in [-0.2, 0) is 24.1 Å². The third kappa shape index (κ3) is 4.43. The number of rotatable bonds is 5. The second kappa shape index (κ2) is 5.99. The van der Waals surface area contributed by atoms with Gasteiger partial charge in [0.1, 0.15) is 0 Å². The lowest BCUT2D eigenvalue weighted by Gasteiger charge is -2.30. The minimum atomic E-state index is -2.92. The molecule has 3 unspecified atom stereocenters. The molecule has 2 aliphatic rings. The number of ether oxygens (including phenoxy) is 2. The number of carboxylic acids is 1. The lowest BCUT2D eigenvalue weighted by Crippen LogP contribution is -2.35. The normalized spacial score (nSPS) is 36.9. The van der Waals surface area contributed by atoms with Gasteiger partial charge < -0.3 is 14.6 Å². The molecule has 0 bridgehead atoms. The molecule has 0 aliphatic carbocycles. The highest BCUT2D eigenvalue weighted by atomic mass is 32.2. The van der Waals surface area contributed by atoms with E-state index in [1.54, 1.807) is 0 Å². The number of hydrogen-bond acceptors (Lipinski definition) is 5. The molecule has 0 spiro atoms. The molecule has 0 radical (unpaired) electrons. The van der Waals surface area contributed by atoms with Crippen molar-refractivity contribution in [3.05, 3.63) is 0 Å². The number of carboxylic acid groups (broad SMARTS) is 1. The number of aliphatic carboxylic acids is 1. The summed E-state index contributed by atoms with van der Waals surface area (Å²) in [5.74, 6) is -1.07. The zero-order valence-corrected chi connectivity index (χ0v) is 12.5. The minimum absolute atomic E-state index is 0.0575. The molecule has 3 atom stereocenters. The summed E-state index contributed by atoms with van der Waals surface area (Å²) in [4.78, 5) is 10.5. The van der Waals surface area contributed by atoms with E-state index in [9.17, 15) is 13.2 Å². The van der Waals surface area contributed by atoms with Crippen LogP contribution in [0.15, 0.2) is 0 Å². The third-order valence-corrected chi connectivity index (χ3v) is 5.78. The zero-order chi connectivity index (χ0) is 14.8. The fourth-order valence-corrected chi connectivity index (χ4v) is 4.80. The first-order valence-electron chi connectivity index (χ1n) is 7.02. The van der Waals surface area contributed by atoms with Gasteiger partial charge in [-0.2, -0.15) is 0 Å². The van der Waals surface area contributed by atoms with Crippen LogP contribution in [0.4, 0.5) is 0 Å². The first-order chi connectivity index (χ1) is 9.28. The van der Waals surface area contributed by atoms with Crippen LogP contribution in [0.1, 0.15) is 39.0 Å². The SMILES string of the molecule is CC1(CC2CCCS(=O)(=O)C2)OCC(CCC(=O)O)O1. The van der Waals surface area contributed by atoms with Crippen molar-refractivity contribution in [2.45, 2.75) is 50.9 Å². The van der Waals surface area contributed by atoms with Gasteiger partial charge in [0, 0.05) is 12.8 Å².